The molecule has 2 saturated heterocycles. The second-order valence-corrected chi connectivity index (χ2v) is 10.0. The molecule has 2 aromatic rings. The van der Waals surface area contributed by atoms with E-state index < -0.39 is 0 Å². The molecule has 2 fully saturated rings. The molecule has 0 N–H and O–H groups in total. The fraction of sp³-hybridized carbons (Fsp3) is 0.560. The minimum Gasteiger partial charge on any atom is -0.342 e. The topological polar surface area (TPSA) is 58.4 Å². The van der Waals surface area contributed by atoms with Crippen LogP contribution >= 0.6 is 23.2 Å². The van der Waals surface area contributed by atoms with Gasteiger partial charge < -0.3 is 9.80 Å². The number of benzene rings is 1. The second kappa shape index (κ2) is 10.5. The highest BCUT2D eigenvalue weighted by molar-refractivity contribution is 6.42. The van der Waals surface area contributed by atoms with Gasteiger partial charge in [0, 0.05) is 43.4 Å². The number of nitrogens with zero attached hydrogens (tertiary/aromatic N) is 4. The third-order valence-corrected chi connectivity index (χ3v) is 7.77. The largest absolute Gasteiger partial charge is 0.342 e. The molecule has 0 bridgehead atoms. The zero-order chi connectivity index (χ0) is 23.5. The van der Waals surface area contributed by atoms with Crippen LogP contribution < -0.4 is 0 Å². The van der Waals surface area contributed by atoms with Crippen LogP contribution in [-0.4, -0.2) is 57.6 Å². The Morgan fingerprint density at radius 3 is 2.24 bits per heavy atom. The molecule has 2 aliphatic heterocycles. The first-order chi connectivity index (χ1) is 15.8. The average molecular weight is 491 g/mol. The van der Waals surface area contributed by atoms with Crippen molar-refractivity contribution in [3.63, 3.8) is 0 Å². The quantitative estimate of drug-likeness (QED) is 0.606. The zero-order valence-electron chi connectivity index (χ0n) is 19.4. The maximum atomic E-state index is 13.1. The summed E-state index contributed by atoms with van der Waals surface area (Å²) in [5, 5.41) is 5.60. The lowest BCUT2D eigenvalue weighted by Crippen LogP contribution is -2.45. The molecule has 2 aliphatic rings. The summed E-state index contributed by atoms with van der Waals surface area (Å²) in [6.45, 7) is 6.95. The van der Waals surface area contributed by atoms with Gasteiger partial charge in [0.2, 0.25) is 11.8 Å². The number of aromatic nitrogens is 2. The summed E-state index contributed by atoms with van der Waals surface area (Å²) in [7, 11) is 0. The second-order valence-electron chi connectivity index (χ2n) is 9.23. The summed E-state index contributed by atoms with van der Waals surface area (Å²) in [6, 6.07) is 5.39. The molecule has 33 heavy (non-hydrogen) atoms. The van der Waals surface area contributed by atoms with Crippen LogP contribution in [0.2, 0.25) is 10.0 Å². The third kappa shape index (κ3) is 5.38. The molecule has 4 rings (SSSR count). The molecule has 0 spiro atoms. The molecule has 1 aromatic carbocycles. The molecule has 6 nitrogen and oxygen atoms in total. The minimum absolute atomic E-state index is 0.0491. The Morgan fingerprint density at radius 1 is 0.939 bits per heavy atom. The van der Waals surface area contributed by atoms with Gasteiger partial charge >= 0.3 is 0 Å². The van der Waals surface area contributed by atoms with E-state index >= 15 is 0 Å². The van der Waals surface area contributed by atoms with E-state index in [1.165, 1.54) is 12.8 Å². The number of carbonyl (C=O) groups excluding carboxylic acids is 2. The first-order valence-corrected chi connectivity index (χ1v) is 12.7. The van der Waals surface area contributed by atoms with Gasteiger partial charge in [-0.2, -0.15) is 5.10 Å². The van der Waals surface area contributed by atoms with Gasteiger partial charge in [-0.05, 0) is 57.7 Å². The number of aryl methyl sites for hydroxylation is 1. The van der Waals surface area contributed by atoms with Crippen molar-refractivity contribution in [2.75, 3.05) is 26.2 Å². The summed E-state index contributed by atoms with van der Waals surface area (Å²) in [4.78, 5) is 30.0. The fourth-order valence-electron chi connectivity index (χ4n) is 4.99. The van der Waals surface area contributed by atoms with Crippen LogP contribution in [0.5, 0.6) is 0 Å². The zero-order valence-corrected chi connectivity index (χ0v) is 21.0. The average Bonchev–Trinajstić information content (AvgIpc) is 3.00. The lowest BCUT2D eigenvalue weighted by Gasteiger charge is -2.34. The van der Waals surface area contributed by atoms with Crippen molar-refractivity contribution in [2.45, 2.75) is 58.8 Å². The summed E-state index contributed by atoms with van der Waals surface area (Å²) < 4.78 is 1.81. The minimum atomic E-state index is 0.0491. The molecular formula is C25H32Cl2N4O2. The first kappa shape index (κ1) is 24.1. The normalized spacial score (nSPS) is 17.8. The highest BCUT2D eigenvalue weighted by atomic mass is 35.5. The van der Waals surface area contributed by atoms with Crippen LogP contribution in [0, 0.1) is 19.8 Å². The number of carbonyl (C=O) groups is 2. The number of hydrogen-bond donors (Lipinski definition) is 0. The van der Waals surface area contributed by atoms with Crippen molar-refractivity contribution in [1.29, 1.82) is 0 Å². The van der Waals surface area contributed by atoms with E-state index in [9.17, 15) is 9.59 Å². The molecule has 3 heterocycles. The summed E-state index contributed by atoms with van der Waals surface area (Å²) in [6.07, 6.45) is 6.47. The maximum absolute atomic E-state index is 13.1. The van der Waals surface area contributed by atoms with E-state index in [0.717, 1.165) is 61.4 Å². The number of likely N-dealkylation sites (tertiary alicyclic amines) is 2. The van der Waals surface area contributed by atoms with Gasteiger partial charge in [-0.3, -0.25) is 9.59 Å². The van der Waals surface area contributed by atoms with Gasteiger partial charge in [-0.25, -0.2) is 4.68 Å². The monoisotopic (exact) mass is 490 g/mol. The van der Waals surface area contributed by atoms with Crippen molar-refractivity contribution in [3.8, 4) is 5.69 Å². The molecule has 8 heteroatoms. The fourth-order valence-corrected chi connectivity index (χ4v) is 5.28. The third-order valence-electron chi connectivity index (χ3n) is 7.03. The number of amides is 2. The highest BCUT2D eigenvalue weighted by Crippen LogP contribution is 2.27. The van der Waals surface area contributed by atoms with Gasteiger partial charge in [0.15, 0.2) is 0 Å². The molecule has 0 saturated carbocycles. The molecule has 1 aromatic heterocycles. The number of rotatable bonds is 4. The number of halogens is 2. The van der Waals surface area contributed by atoms with E-state index in [1.54, 1.807) is 12.1 Å². The van der Waals surface area contributed by atoms with Crippen molar-refractivity contribution in [1.82, 2.24) is 19.6 Å². The Balaban J connectivity index is 1.38. The smallest absolute Gasteiger partial charge is 0.227 e. The van der Waals surface area contributed by atoms with Crippen molar-refractivity contribution < 1.29 is 9.59 Å². The predicted octanol–water partition coefficient (Wildman–Crippen LogP) is 4.98. The Labute approximate surface area is 205 Å². The van der Waals surface area contributed by atoms with E-state index in [2.05, 4.69) is 10.00 Å². The van der Waals surface area contributed by atoms with Crippen LogP contribution in [0.3, 0.4) is 0 Å². The molecule has 0 atom stereocenters. The first-order valence-electron chi connectivity index (χ1n) is 11.9. The number of hydrogen-bond acceptors (Lipinski definition) is 3. The predicted molar refractivity (Wildman–Crippen MR) is 131 cm³/mol. The molecular weight excluding hydrogens is 459 g/mol. The van der Waals surface area contributed by atoms with Crippen molar-refractivity contribution >= 4 is 35.0 Å². The van der Waals surface area contributed by atoms with Crippen LogP contribution in [0.4, 0.5) is 0 Å². The Bertz CT molecular complexity index is 1020. The standard InChI is InChI=1S/C25H32Cl2N4O2/c1-17-21(18(2)31(28-17)20-7-8-22(26)23(27)15-20)16-24(32)29-13-9-19(10-14-29)25(33)30-11-5-3-4-6-12-30/h7-8,15,19H,3-6,9-14,16H2,1-2H3. The maximum Gasteiger partial charge on any atom is 0.227 e. The summed E-state index contributed by atoms with van der Waals surface area (Å²) >= 11 is 12.2. The molecule has 2 amide bonds. The van der Waals surface area contributed by atoms with Gasteiger partial charge in [-0.15, -0.1) is 0 Å². The highest BCUT2D eigenvalue weighted by Gasteiger charge is 2.31. The van der Waals surface area contributed by atoms with E-state index in [0.29, 0.717) is 35.5 Å². The molecule has 0 radical (unpaired) electrons. The van der Waals surface area contributed by atoms with Gasteiger partial charge in [0.25, 0.3) is 0 Å². The van der Waals surface area contributed by atoms with Gasteiger partial charge in [0.05, 0.1) is 27.8 Å². The molecule has 178 valence electrons. The van der Waals surface area contributed by atoms with Crippen molar-refractivity contribution in [3.05, 3.63) is 45.2 Å². The van der Waals surface area contributed by atoms with Gasteiger partial charge in [-0.1, -0.05) is 36.0 Å². The van der Waals surface area contributed by atoms with E-state index in [4.69, 9.17) is 23.2 Å². The van der Waals surface area contributed by atoms with Gasteiger partial charge in [0.1, 0.15) is 0 Å². The lowest BCUT2D eigenvalue weighted by atomic mass is 9.94. The van der Waals surface area contributed by atoms with Crippen LogP contribution in [-0.2, 0) is 16.0 Å². The summed E-state index contributed by atoms with van der Waals surface area (Å²) in [5.74, 6) is 0.433. The van der Waals surface area contributed by atoms with Crippen molar-refractivity contribution in [2.24, 2.45) is 5.92 Å². The Hall–Kier alpha value is -2.05. The molecule has 0 unspecified atom stereocenters. The van der Waals surface area contributed by atoms with Crippen LogP contribution in [0.15, 0.2) is 18.2 Å². The Kier molecular flexibility index (Phi) is 7.65. The molecule has 0 aliphatic carbocycles. The lowest BCUT2D eigenvalue weighted by molar-refractivity contribution is -0.140. The van der Waals surface area contributed by atoms with E-state index in [1.807, 2.05) is 29.5 Å². The Morgan fingerprint density at radius 2 is 1.61 bits per heavy atom. The van der Waals surface area contributed by atoms with Crippen LogP contribution in [0.1, 0.15) is 55.5 Å². The van der Waals surface area contributed by atoms with Crippen LogP contribution in [0.25, 0.3) is 5.69 Å². The SMILES string of the molecule is Cc1nn(-c2ccc(Cl)c(Cl)c2)c(C)c1CC(=O)N1CCC(C(=O)N2CCCCCC2)CC1. The summed E-state index contributed by atoms with van der Waals surface area (Å²) in [5.41, 5.74) is 3.51. The number of piperidine rings is 1. The van der Waals surface area contributed by atoms with E-state index in [-0.39, 0.29) is 11.8 Å².